The highest BCUT2D eigenvalue weighted by molar-refractivity contribution is 5.85. The second kappa shape index (κ2) is 10.0. The zero-order valence-corrected chi connectivity index (χ0v) is 13.7. The van der Waals surface area contributed by atoms with Crippen LogP contribution >= 0.6 is 12.4 Å². The van der Waals surface area contributed by atoms with E-state index >= 15 is 0 Å². The number of rotatable bonds is 8. The second-order valence-electron chi connectivity index (χ2n) is 5.45. The fourth-order valence-corrected chi connectivity index (χ4v) is 2.56. The van der Waals surface area contributed by atoms with Crippen molar-refractivity contribution in [2.75, 3.05) is 31.5 Å². The van der Waals surface area contributed by atoms with Gasteiger partial charge in [-0.15, -0.1) is 12.4 Å². The Labute approximate surface area is 141 Å². The maximum absolute atomic E-state index is 11.7. The van der Waals surface area contributed by atoms with Crippen molar-refractivity contribution in [3.8, 4) is 0 Å². The second-order valence-corrected chi connectivity index (χ2v) is 5.45. The lowest BCUT2D eigenvalue weighted by Crippen LogP contribution is -2.28. The Morgan fingerprint density at radius 1 is 1.35 bits per heavy atom. The van der Waals surface area contributed by atoms with E-state index < -0.39 is 4.92 Å². The number of hydrogen-bond acceptors (Lipinski definition) is 5. The molecule has 7 nitrogen and oxygen atoms in total. The molecule has 0 saturated carbocycles. The van der Waals surface area contributed by atoms with E-state index in [4.69, 9.17) is 0 Å². The van der Waals surface area contributed by atoms with Crippen LogP contribution in [0.5, 0.6) is 0 Å². The van der Waals surface area contributed by atoms with E-state index in [1.54, 1.807) is 18.2 Å². The Balaban J connectivity index is 0.00000264. The molecule has 1 fully saturated rings. The highest BCUT2D eigenvalue weighted by Crippen LogP contribution is 2.22. The van der Waals surface area contributed by atoms with Gasteiger partial charge in [-0.25, -0.2) is 0 Å². The highest BCUT2D eigenvalue weighted by Gasteiger charge is 2.14. The average Bonchev–Trinajstić information content (AvgIpc) is 3.01. The zero-order valence-electron chi connectivity index (χ0n) is 12.9. The van der Waals surface area contributed by atoms with E-state index in [0.717, 1.165) is 19.5 Å². The zero-order chi connectivity index (χ0) is 15.8. The summed E-state index contributed by atoms with van der Waals surface area (Å²) < 4.78 is 0. The summed E-state index contributed by atoms with van der Waals surface area (Å²) in [5, 5.41) is 20.0. The van der Waals surface area contributed by atoms with Crippen LogP contribution in [-0.2, 0) is 4.79 Å². The van der Waals surface area contributed by atoms with E-state index in [9.17, 15) is 14.9 Å². The number of nitrogens with zero attached hydrogens (tertiary/aromatic N) is 1. The predicted octanol–water partition coefficient (Wildman–Crippen LogP) is 1.93. The molecular formula is C15H23ClN4O3. The van der Waals surface area contributed by atoms with Gasteiger partial charge in [0, 0.05) is 25.6 Å². The number of nitrogens with one attached hydrogen (secondary N) is 3. The number of benzene rings is 1. The number of anilines is 1. The third-order valence-corrected chi connectivity index (χ3v) is 3.81. The molecule has 0 bridgehead atoms. The fourth-order valence-electron chi connectivity index (χ4n) is 2.56. The molecule has 1 aliphatic heterocycles. The van der Waals surface area contributed by atoms with Crippen LogP contribution in [0.1, 0.15) is 19.3 Å². The number of halogens is 1. The van der Waals surface area contributed by atoms with Crippen molar-refractivity contribution >= 4 is 29.7 Å². The summed E-state index contributed by atoms with van der Waals surface area (Å²) in [5.41, 5.74) is 0.467. The predicted molar refractivity (Wildman–Crippen MR) is 92.1 cm³/mol. The van der Waals surface area contributed by atoms with Crippen molar-refractivity contribution in [2.24, 2.45) is 5.92 Å². The van der Waals surface area contributed by atoms with Gasteiger partial charge in [-0.2, -0.15) is 0 Å². The monoisotopic (exact) mass is 342 g/mol. The number of para-hydroxylation sites is 2. The van der Waals surface area contributed by atoms with Gasteiger partial charge < -0.3 is 16.0 Å². The highest BCUT2D eigenvalue weighted by atomic mass is 35.5. The van der Waals surface area contributed by atoms with Crippen molar-refractivity contribution < 1.29 is 9.72 Å². The first-order valence-corrected chi connectivity index (χ1v) is 7.61. The van der Waals surface area contributed by atoms with Gasteiger partial charge in [0.05, 0.1) is 4.92 Å². The first-order valence-electron chi connectivity index (χ1n) is 7.61. The van der Waals surface area contributed by atoms with Gasteiger partial charge in [0.25, 0.3) is 5.69 Å². The molecule has 1 unspecified atom stereocenters. The number of carbonyl (C=O) groups excluding carboxylic acids is 1. The minimum atomic E-state index is -0.432. The Bertz CT molecular complexity index is 521. The van der Waals surface area contributed by atoms with Gasteiger partial charge in [-0.1, -0.05) is 12.1 Å². The van der Waals surface area contributed by atoms with Crippen LogP contribution in [0.25, 0.3) is 0 Å². The molecule has 1 atom stereocenters. The lowest BCUT2D eigenvalue weighted by molar-refractivity contribution is -0.384. The Hall–Kier alpha value is -1.86. The van der Waals surface area contributed by atoms with Crippen molar-refractivity contribution in [1.29, 1.82) is 0 Å². The van der Waals surface area contributed by atoms with Gasteiger partial charge in [-0.3, -0.25) is 14.9 Å². The third kappa shape index (κ3) is 6.42. The molecule has 0 aliphatic carbocycles. The number of carbonyl (C=O) groups is 1. The molecular weight excluding hydrogens is 320 g/mol. The first-order chi connectivity index (χ1) is 10.7. The Kier molecular flexibility index (Phi) is 8.36. The van der Waals surface area contributed by atoms with Gasteiger partial charge in [-0.05, 0) is 37.9 Å². The van der Waals surface area contributed by atoms with E-state index in [2.05, 4.69) is 16.0 Å². The maximum Gasteiger partial charge on any atom is 0.292 e. The SMILES string of the molecule is Cl.O=C(CCNc1ccccc1[N+](=O)[O-])NCCC1CCNC1. The van der Waals surface area contributed by atoms with Gasteiger partial charge >= 0.3 is 0 Å². The molecule has 0 spiro atoms. The lowest BCUT2D eigenvalue weighted by Gasteiger charge is -2.10. The fraction of sp³-hybridized carbons (Fsp3) is 0.533. The van der Waals surface area contributed by atoms with E-state index in [1.165, 1.54) is 12.5 Å². The van der Waals surface area contributed by atoms with Crippen molar-refractivity contribution in [3.05, 3.63) is 34.4 Å². The minimum Gasteiger partial charge on any atom is -0.379 e. The molecule has 1 aromatic carbocycles. The van der Waals surface area contributed by atoms with Crippen molar-refractivity contribution in [1.82, 2.24) is 10.6 Å². The van der Waals surface area contributed by atoms with Crippen LogP contribution in [0.2, 0.25) is 0 Å². The molecule has 1 aromatic rings. The van der Waals surface area contributed by atoms with Crippen LogP contribution in [0.3, 0.4) is 0 Å². The van der Waals surface area contributed by atoms with Crippen LogP contribution in [0.15, 0.2) is 24.3 Å². The summed E-state index contributed by atoms with van der Waals surface area (Å²) in [6.07, 6.45) is 2.47. The summed E-state index contributed by atoms with van der Waals surface area (Å²) in [6.45, 7) is 3.17. The molecule has 128 valence electrons. The summed E-state index contributed by atoms with van der Waals surface area (Å²) in [6, 6.07) is 6.43. The standard InChI is InChI=1S/C15H22N4O3.ClH/c20-15(18-9-6-12-5-8-16-11-12)7-10-17-13-3-1-2-4-14(13)19(21)22;/h1-4,12,16-17H,5-11H2,(H,18,20);1H. The molecule has 2 rings (SSSR count). The summed E-state index contributed by atoms with van der Waals surface area (Å²) in [7, 11) is 0. The molecule has 0 radical (unpaired) electrons. The van der Waals surface area contributed by atoms with Crippen LogP contribution < -0.4 is 16.0 Å². The summed E-state index contributed by atoms with van der Waals surface area (Å²) in [4.78, 5) is 22.2. The Morgan fingerprint density at radius 3 is 2.83 bits per heavy atom. The van der Waals surface area contributed by atoms with E-state index in [0.29, 0.717) is 31.1 Å². The molecule has 1 aliphatic rings. The Morgan fingerprint density at radius 2 is 2.13 bits per heavy atom. The first kappa shape index (κ1) is 19.2. The smallest absolute Gasteiger partial charge is 0.292 e. The molecule has 1 amide bonds. The van der Waals surface area contributed by atoms with Crippen molar-refractivity contribution in [3.63, 3.8) is 0 Å². The largest absolute Gasteiger partial charge is 0.379 e. The normalized spacial score (nSPS) is 16.4. The van der Waals surface area contributed by atoms with Crippen LogP contribution in [-0.4, -0.2) is 37.0 Å². The maximum atomic E-state index is 11.7. The van der Waals surface area contributed by atoms with Gasteiger partial charge in [0.2, 0.25) is 5.91 Å². The number of nitro groups is 1. The molecule has 8 heteroatoms. The quantitative estimate of drug-likeness (QED) is 0.495. The summed E-state index contributed by atoms with van der Waals surface area (Å²) >= 11 is 0. The van der Waals surface area contributed by atoms with Crippen molar-refractivity contribution in [2.45, 2.75) is 19.3 Å². The molecule has 0 aromatic heterocycles. The third-order valence-electron chi connectivity index (χ3n) is 3.81. The molecule has 1 saturated heterocycles. The van der Waals surface area contributed by atoms with Crippen LogP contribution in [0, 0.1) is 16.0 Å². The number of amides is 1. The van der Waals surface area contributed by atoms with Gasteiger partial charge in [0.1, 0.15) is 5.69 Å². The van der Waals surface area contributed by atoms with E-state index in [1.807, 2.05) is 0 Å². The minimum absolute atomic E-state index is 0. The molecule has 3 N–H and O–H groups in total. The van der Waals surface area contributed by atoms with Gasteiger partial charge in [0.15, 0.2) is 0 Å². The number of hydrogen-bond donors (Lipinski definition) is 3. The van der Waals surface area contributed by atoms with E-state index in [-0.39, 0.29) is 24.0 Å². The topological polar surface area (TPSA) is 96.3 Å². The number of nitro benzene ring substituents is 1. The summed E-state index contributed by atoms with van der Waals surface area (Å²) in [5.74, 6) is 0.627. The van der Waals surface area contributed by atoms with Crippen LogP contribution in [0.4, 0.5) is 11.4 Å². The molecule has 1 heterocycles. The average molecular weight is 343 g/mol. The molecule has 23 heavy (non-hydrogen) atoms. The lowest BCUT2D eigenvalue weighted by atomic mass is 10.1.